The molecule has 3 heteroatoms. The number of nitrogens with zero attached hydrogens (tertiary/aromatic N) is 3. The first-order chi connectivity index (χ1) is 27.9. The minimum absolute atomic E-state index is 0.0102. The highest BCUT2D eigenvalue weighted by atomic mass is 15.0. The Morgan fingerprint density at radius 2 is 1.44 bits per heavy atom. The van der Waals surface area contributed by atoms with E-state index in [1.165, 1.54) is 61.1 Å². The lowest BCUT2D eigenvalue weighted by Crippen LogP contribution is -2.14. The molecule has 0 radical (unpaired) electrons. The van der Waals surface area contributed by atoms with Crippen LogP contribution in [0, 0.1) is 0 Å². The third-order valence-corrected chi connectivity index (χ3v) is 12.0. The van der Waals surface area contributed by atoms with Crippen LogP contribution in [0.4, 0.5) is 0 Å². The molecule has 7 aromatic rings. The molecular formula is C54H49N3. The molecule has 3 aliphatic rings. The second kappa shape index (κ2) is 15.3. The predicted octanol–water partition coefficient (Wildman–Crippen LogP) is 14.0. The van der Waals surface area contributed by atoms with Gasteiger partial charge in [0, 0.05) is 46.8 Å². The zero-order valence-corrected chi connectivity index (χ0v) is 33.4. The Balaban J connectivity index is 0.000000417. The summed E-state index contributed by atoms with van der Waals surface area (Å²) in [7, 11) is 1.77. The van der Waals surface area contributed by atoms with Crippen molar-refractivity contribution in [1.29, 1.82) is 0 Å². The fraction of sp³-hybridized carbons (Fsp3) is 0.185. The third kappa shape index (κ3) is 6.72. The van der Waals surface area contributed by atoms with E-state index < -0.39 is 0 Å². The Hall–Kier alpha value is -6.32. The zero-order valence-electron chi connectivity index (χ0n) is 33.4. The molecule has 0 saturated heterocycles. The summed E-state index contributed by atoms with van der Waals surface area (Å²) in [5.74, 6) is 0.331. The topological polar surface area (TPSA) is 30.2 Å². The summed E-state index contributed by atoms with van der Waals surface area (Å²) >= 11 is 0. The number of fused-ring (bicyclic) bond motifs is 6. The summed E-state index contributed by atoms with van der Waals surface area (Å²) in [5, 5.41) is 1.19. The molecule has 5 aromatic carbocycles. The normalized spacial score (nSPS) is 15.9. The quantitative estimate of drug-likeness (QED) is 0.156. The molecule has 2 aromatic heterocycles. The van der Waals surface area contributed by atoms with E-state index in [4.69, 9.17) is 4.98 Å². The number of para-hydroxylation sites is 1. The lowest BCUT2D eigenvalue weighted by atomic mass is 9.82. The minimum atomic E-state index is -0.0102. The van der Waals surface area contributed by atoms with Gasteiger partial charge in [0.05, 0.1) is 22.2 Å². The van der Waals surface area contributed by atoms with Crippen molar-refractivity contribution in [1.82, 2.24) is 9.55 Å². The largest absolute Gasteiger partial charge is 0.307 e. The van der Waals surface area contributed by atoms with Gasteiger partial charge in [-0.15, -0.1) is 0 Å². The summed E-state index contributed by atoms with van der Waals surface area (Å²) < 4.78 is 2.46. The number of allylic oxidation sites excluding steroid dienone is 8. The van der Waals surface area contributed by atoms with Crippen molar-refractivity contribution in [2.75, 3.05) is 7.05 Å². The number of aliphatic imine (C=N–C) groups is 1. The number of benzene rings is 5. The van der Waals surface area contributed by atoms with Crippen LogP contribution in [0.5, 0.6) is 0 Å². The smallest absolute Gasteiger partial charge is 0.0971 e. The van der Waals surface area contributed by atoms with E-state index in [2.05, 4.69) is 164 Å². The predicted molar refractivity (Wildman–Crippen MR) is 243 cm³/mol. The summed E-state index contributed by atoms with van der Waals surface area (Å²) in [6.07, 6.45) is 20.3. The molecule has 280 valence electrons. The minimum Gasteiger partial charge on any atom is -0.307 e. The highest BCUT2D eigenvalue weighted by molar-refractivity contribution is 6.11. The molecule has 0 fully saturated rings. The van der Waals surface area contributed by atoms with Crippen molar-refractivity contribution in [3.63, 3.8) is 0 Å². The van der Waals surface area contributed by atoms with Crippen LogP contribution >= 0.6 is 0 Å². The van der Waals surface area contributed by atoms with Crippen molar-refractivity contribution < 1.29 is 0 Å². The zero-order chi connectivity index (χ0) is 38.9. The first kappa shape index (κ1) is 36.3. The van der Waals surface area contributed by atoms with Crippen LogP contribution in [-0.2, 0) is 5.41 Å². The van der Waals surface area contributed by atoms with Gasteiger partial charge < -0.3 is 4.57 Å². The maximum absolute atomic E-state index is 5.48. The summed E-state index contributed by atoms with van der Waals surface area (Å²) in [5.41, 5.74) is 18.6. The summed E-state index contributed by atoms with van der Waals surface area (Å²) in [4.78, 5) is 9.36. The third-order valence-electron chi connectivity index (χ3n) is 12.0. The van der Waals surface area contributed by atoms with E-state index in [-0.39, 0.29) is 5.41 Å². The van der Waals surface area contributed by atoms with Crippen LogP contribution in [0.1, 0.15) is 80.2 Å². The van der Waals surface area contributed by atoms with Crippen LogP contribution in [0.15, 0.2) is 174 Å². The number of pyridine rings is 1. The van der Waals surface area contributed by atoms with Crippen molar-refractivity contribution >= 4 is 33.7 Å². The summed E-state index contributed by atoms with van der Waals surface area (Å²) in [6.45, 7) is 7.01. The molecule has 57 heavy (non-hydrogen) atoms. The van der Waals surface area contributed by atoms with Gasteiger partial charge in [0.15, 0.2) is 0 Å². The Morgan fingerprint density at radius 1 is 0.684 bits per heavy atom. The lowest BCUT2D eigenvalue weighted by molar-refractivity contribution is 0.660. The Morgan fingerprint density at radius 3 is 2.23 bits per heavy atom. The van der Waals surface area contributed by atoms with Crippen molar-refractivity contribution in [2.45, 2.75) is 57.8 Å². The molecular weight excluding hydrogens is 691 g/mol. The van der Waals surface area contributed by atoms with Gasteiger partial charge in [-0.1, -0.05) is 154 Å². The van der Waals surface area contributed by atoms with Crippen molar-refractivity contribution in [2.24, 2.45) is 4.99 Å². The van der Waals surface area contributed by atoms with Crippen LogP contribution in [-0.4, -0.2) is 22.8 Å². The van der Waals surface area contributed by atoms with Gasteiger partial charge in [0.2, 0.25) is 0 Å². The molecule has 1 atom stereocenters. The average molecular weight is 740 g/mol. The first-order valence-corrected chi connectivity index (χ1v) is 20.4. The standard InChI is InChI=1S/C46H40N2.C8H9N/c1-30(31-14-6-4-7-15-31)33-18-12-19-35(28-33)48-43-27-26-42(34-24-25-41-39(29-34)37-20-10-11-23-40(37)46(41,2)3)47-44(43)38-22-13-21-36(45(38)48)32-16-8-5-9-17-32;1-9-7-8-5-3-2-4-6-8/h6,8,10-30H,4-5,7,9H2,1-3H3;2-7H,1H3. The number of hydrogen-bond donors (Lipinski definition) is 0. The van der Waals surface area contributed by atoms with E-state index in [9.17, 15) is 0 Å². The maximum atomic E-state index is 5.48. The van der Waals surface area contributed by atoms with Gasteiger partial charge in [0.25, 0.3) is 0 Å². The highest BCUT2D eigenvalue weighted by Gasteiger charge is 2.35. The molecule has 0 N–H and O–H groups in total. The molecule has 2 heterocycles. The first-order valence-electron chi connectivity index (χ1n) is 20.4. The van der Waals surface area contributed by atoms with Gasteiger partial charge in [-0.05, 0) is 101 Å². The maximum Gasteiger partial charge on any atom is 0.0971 e. The lowest BCUT2D eigenvalue weighted by Gasteiger charge is -2.21. The monoisotopic (exact) mass is 739 g/mol. The van der Waals surface area contributed by atoms with E-state index >= 15 is 0 Å². The fourth-order valence-electron chi connectivity index (χ4n) is 9.05. The Labute approximate surface area is 337 Å². The van der Waals surface area contributed by atoms with E-state index in [1.807, 2.05) is 36.5 Å². The molecule has 3 nitrogen and oxygen atoms in total. The number of rotatable bonds is 6. The van der Waals surface area contributed by atoms with Gasteiger partial charge in [-0.2, -0.15) is 0 Å². The molecule has 0 aliphatic heterocycles. The summed E-state index contributed by atoms with van der Waals surface area (Å²) in [6, 6.07) is 46.2. The van der Waals surface area contributed by atoms with Crippen LogP contribution in [0.25, 0.3) is 55.6 Å². The van der Waals surface area contributed by atoms with E-state index in [0.717, 1.165) is 53.5 Å². The van der Waals surface area contributed by atoms with Crippen molar-refractivity contribution in [3.05, 3.63) is 197 Å². The van der Waals surface area contributed by atoms with Crippen LogP contribution in [0.3, 0.4) is 0 Å². The molecule has 10 rings (SSSR count). The Bertz CT molecular complexity index is 2790. The molecule has 0 spiro atoms. The van der Waals surface area contributed by atoms with E-state index in [0.29, 0.717) is 5.92 Å². The van der Waals surface area contributed by atoms with Crippen molar-refractivity contribution in [3.8, 4) is 28.1 Å². The molecule has 1 unspecified atom stereocenters. The second-order valence-corrected chi connectivity index (χ2v) is 16.0. The highest BCUT2D eigenvalue weighted by Crippen LogP contribution is 2.49. The van der Waals surface area contributed by atoms with Gasteiger partial charge in [0.1, 0.15) is 0 Å². The molecule has 0 saturated carbocycles. The number of aromatic nitrogens is 2. The molecule has 0 bridgehead atoms. The van der Waals surface area contributed by atoms with Crippen LogP contribution < -0.4 is 0 Å². The van der Waals surface area contributed by atoms with Crippen LogP contribution in [0.2, 0.25) is 0 Å². The van der Waals surface area contributed by atoms with Gasteiger partial charge in [-0.25, -0.2) is 4.98 Å². The van der Waals surface area contributed by atoms with Gasteiger partial charge in [-0.3, -0.25) is 4.99 Å². The molecule has 3 aliphatic carbocycles. The fourth-order valence-corrected chi connectivity index (χ4v) is 9.05. The Kier molecular flexibility index (Phi) is 9.76. The number of hydrogen-bond acceptors (Lipinski definition) is 2. The average Bonchev–Trinajstić information content (AvgIpc) is 3.72. The van der Waals surface area contributed by atoms with E-state index in [1.54, 1.807) is 7.05 Å². The molecule has 0 amide bonds. The second-order valence-electron chi connectivity index (χ2n) is 16.0. The van der Waals surface area contributed by atoms with Gasteiger partial charge >= 0.3 is 0 Å². The SMILES string of the molecule is CC(C1=CCCC=C1)c1cccc(-n2c3ccc(-c4ccc5c(c4)-c4ccccc4C5(C)C)nc3c3cccc(C4=CCCC=C4)c32)c1.CN=Cc1ccccc1.